The topological polar surface area (TPSA) is 64.0 Å². The van der Waals surface area contributed by atoms with E-state index < -0.39 is 0 Å². The molecule has 2 aromatic heterocycles. The number of fused-ring (bicyclic) bond motifs is 1. The van der Waals surface area contributed by atoms with Gasteiger partial charge >= 0.3 is 0 Å². The number of unbranched alkanes of at least 4 members (excludes halogenated alkanes) is 5. The summed E-state index contributed by atoms with van der Waals surface area (Å²) in [7, 11) is 0. The Morgan fingerprint density at radius 1 is 1.04 bits per heavy atom. The zero-order chi connectivity index (χ0) is 18.2. The number of nitrogens with zero attached hydrogens (tertiary/aromatic N) is 5. The van der Waals surface area contributed by atoms with Crippen molar-refractivity contribution >= 4 is 40.2 Å². The first-order chi connectivity index (χ1) is 12.8. The number of anilines is 1. The van der Waals surface area contributed by atoms with Crippen molar-refractivity contribution in [3.63, 3.8) is 0 Å². The standard InChI is InChI=1S/C18H26ClN5OS/c1-2-3-4-5-6-7-12-26-17-15-14(20-13-21-17)16(23-18(19)22-15)24-8-10-25-11-9-24/h13H,2-12H2,1H3. The zero-order valence-corrected chi connectivity index (χ0v) is 16.9. The van der Waals surface area contributed by atoms with Crippen molar-refractivity contribution in [3.8, 4) is 0 Å². The predicted molar refractivity (Wildman–Crippen MR) is 107 cm³/mol. The summed E-state index contributed by atoms with van der Waals surface area (Å²) in [4.78, 5) is 19.9. The van der Waals surface area contributed by atoms with Crippen LogP contribution < -0.4 is 4.90 Å². The van der Waals surface area contributed by atoms with Gasteiger partial charge in [-0.3, -0.25) is 0 Å². The molecule has 3 heterocycles. The van der Waals surface area contributed by atoms with Crippen LogP contribution in [0.1, 0.15) is 45.4 Å². The molecule has 0 bridgehead atoms. The summed E-state index contributed by atoms with van der Waals surface area (Å²) in [6, 6.07) is 0. The molecule has 0 spiro atoms. The van der Waals surface area contributed by atoms with Gasteiger partial charge in [0.2, 0.25) is 5.28 Å². The van der Waals surface area contributed by atoms with E-state index in [9.17, 15) is 0 Å². The molecule has 1 aliphatic heterocycles. The quantitative estimate of drug-likeness (QED) is 0.270. The molecule has 0 unspecified atom stereocenters. The predicted octanol–water partition coefficient (Wildman–Crippen LogP) is 4.36. The molecule has 0 aliphatic carbocycles. The molecule has 6 nitrogen and oxygen atoms in total. The lowest BCUT2D eigenvalue weighted by Crippen LogP contribution is -2.37. The van der Waals surface area contributed by atoms with E-state index in [2.05, 4.69) is 31.8 Å². The Bertz CT molecular complexity index is 711. The van der Waals surface area contributed by atoms with Crippen LogP contribution in [-0.2, 0) is 4.74 Å². The van der Waals surface area contributed by atoms with Crippen LogP contribution in [0.15, 0.2) is 11.4 Å². The molecule has 8 heteroatoms. The summed E-state index contributed by atoms with van der Waals surface area (Å²) in [6.45, 7) is 5.19. The number of aromatic nitrogens is 4. The highest BCUT2D eigenvalue weighted by atomic mass is 35.5. The van der Waals surface area contributed by atoms with Gasteiger partial charge in [-0.1, -0.05) is 39.0 Å². The Balaban J connectivity index is 1.70. The Hall–Kier alpha value is -1.18. The summed E-state index contributed by atoms with van der Waals surface area (Å²) in [5.74, 6) is 1.82. The van der Waals surface area contributed by atoms with Gasteiger partial charge in [-0.25, -0.2) is 15.0 Å². The van der Waals surface area contributed by atoms with E-state index in [1.807, 2.05) is 0 Å². The second kappa shape index (κ2) is 10.2. The number of hydrogen-bond acceptors (Lipinski definition) is 7. The highest BCUT2D eigenvalue weighted by Gasteiger charge is 2.20. The molecule has 1 saturated heterocycles. The van der Waals surface area contributed by atoms with Crippen LogP contribution in [-0.4, -0.2) is 52.0 Å². The first kappa shape index (κ1) is 19.6. The number of morpholine rings is 1. The maximum atomic E-state index is 6.20. The number of halogens is 1. The number of thioether (sulfide) groups is 1. The molecule has 0 saturated carbocycles. The minimum absolute atomic E-state index is 0.246. The monoisotopic (exact) mass is 395 g/mol. The van der Waals surface area contributed by atoms with Crippen molar-refractivity contribution in [1.82, 2.24) is 19.9 Å². The minimum Gasteiger partial charge on any atom is -0.378 e. The molecule has 1 fully saturated rings. The molecular formula is C18H26ClN5OS. The normalized spacial score (nSPS) is 14.9. The molecule has 0 atom stereocenters. The van der Waals surface area contributed by atoms with Gasteiger partial charge in [-0.2, -0.15) is 4.98 Å². The average Bonchev–Trinajstić information content (AvgIpc) is 2.67. The second-order valence-corrected chi connectivity index (χ2v) is 7.83. The van der Waals surface area contributed by atoms with Crippen molar-refractivity contribution in [2.24, 2.45) is 0 Å². The first-order valence-corrected chi connectivity index (χ1v) is 10.8. The molecule has 0 aromatic carbocycles. The fourth-order valence-corrected chi connectivity index (χ4v) is 4.14. The minimum atomic E-state index is 0.246. The number of rotatable bonds is 9. The van der Waals surface area contributed by atoms with Crippen molar-refractivity contribution in [2.45, 2.75) is 50.5 Å². The van der Waals surface area contributed by atoms with Gasteiger partial charge in [-0.05, 0) is 23.8 Å². The third-order valence-corrected chi connectivity index (χ3v) is 5.68. The van der Waals surface area contributed by atoms with E-state index in [4.69, 9.17) is 16.3 Å². The van der Waals surface area contributed by atoms with E-state index in [0.717, 1.165) is 40.7 Å². The summed E-state index contributed by atoms with van der Waals surface area (Å²) in [6.07, 6.45) is 9.33. The molecule has 0 N–H and O–H groups in total. The zero-order valence-electron chi connectivity index (χ0n) is 15.3. The maximum Gasteiger partial charge on any atom is 0.225 e. The number of hydrogen-bond donors (Lipinski definition) is 0. The van der Waals surface area contributed by atoms with Gasteiger partial charge in [0.1, 0.15) is 22.4 Å². The van der Waals surface area contributed by atoms with Gasteiger partial charge in [0.25, 0.3) is 0 Å². The molecule has 26 heavy (non-hydrogen) atoms. The third-order valence-electron chi connectivity index (χ3n) is 4.45. The lowest BCUT2D eigenvalue weighted by molar-refractivity contribution is 0.122. The Labute approximate surface area is 164 Å². The summed E-state index contributed by atoms with van der Waals surface area (Å²) in [5, 5.41) is 1.14. The molecule has 142 valence electrons. The van der Waals surface area contributed by atoms with Crippen LogP contribution in [0.2, 0.25) is 5.28 Å². The van der Waals surface area contributed by atoms with Crippen molar-refractivity contribution < 1.29 is 4.74 Å². The van der Waals surface area contributed by atoms with Crippen LogP contribution in [0.25, 0.3) is 11.0 Å². The van der Waals surface area contributed by atoms with E-state index in [0.29, 0.717) is 13.2 Å². The molecule has 0 amide bonds. The lowest BCUT2D eigenvalue weighted by Gasteiger charge is -2.28. The van der Waals surface area contributed by atoms with Gasteiger partial charge in [0.15, 0.2) is 5.82 Å². The SMILES string of the molecule is CCCCCCCCSc1ncnc2c(N3CCOCC3)nc(Cl)nc12. The van der Waals surface area contributed by atoms with Gasteiger partial charge < -0.3 is 9.64 Å². The molecule has 0 radical (unpaired) electrons. The van der Waals surface area contributed by atoms with Gasteiger partial charge in [0.05, 0.1) is 13.2 Å². The Morgan fingerprint density at radius 3 is 2.62 bits per heavy atom. The average molecular weight is 396 g/mol. The smallest absolute Gasteiger partial charge is 0.225 e. The fraction of sp³-hybridized carbons (Fsp3) is 0.667. The van der Waals surface area contributed by atoms with Crippen LogP contribution in [0.4, 0.5) is 5.82 Å². The fourth-order valence-electron chi connectivity index (χ4n) is 3.04. The maximum absolute atomic E-state index is 6.20. The van der Waals surface area contributed by atoms with Crippen molar-refractivity contribution in [2.75, 3.05) is 37.0 Å². The Kier molecular flexibility index (Phi) is 7.70. The van der Waals surface area contributed by atoms with Gasteiger partial charge in [0, 0.05) is 13.1 Å². The highest BCUT2D eigenvalue weighted by Crippen LogP contribution is 2.30. The summed E-state index contributed by atoms with van der Waals surface area (Å²) < 4.78 is 5.43. The van der Waals surface area contributed by atoms with E-state index in [1.165, 1.54) is 38.5 Å². The number of ether oxygens (including phenoxy) is 1. The lowest BCUT2D eigenvalue weighted by atomic mass is 10.1. The largest absolute Gasteiger partial charge is 0.378 e. The van der Waals surface area contributed by atoms with E-state index >= 15 is 0 Å². The molecule has 1 aliphatic rings. The van der Waals surface area contributed by atoms with Crippen LogP contribution >= 0.6 is 23.4 Å². The molecule has 3 rings (SSSR count). The van der Waals surface area contributed by atoms with Crippen molar-refractivity contribution in [1.29, 1.82) is 0 Å². The molecular weight excluding hydrogens is 370 g/mol. The highest BCUT2D eigenvalue weighted by molar-refractivity contribution is 7.99. The Morgan fingerprint density at radius 2 is 1.81 bits per heavy atom. The van der Waals surface area contributed by atoms with Crippen molar-refractivity contribution in [3.05, 3.63) is 11.6 Å². The first-order valence-electron chi connectivity index (χ1n) is 9.43. The van der Waals surface area contributed by atoms with Crippen LogP contribution in [0.5, 0.6) is 0 Å². The van der Waals surface area contributed by atoms with E-state index in [1.54, 1.807) is 18.1 Å². The third kappa shape index (κ3) is 5.18. The molecule has 2 aromatic rings. The second-order valence-electron chi connectivity index (χ2n) is 6.41. The van der Waals surface area contributed by atoms with Crippen LogP contribution in [0.3, 0.4) is 0 Å². The summed E-state index contributed by atoms with van der Waals surface area (Å²) in [5.41, 5.74) is 1.53. The van der Waals surface area contributed by atoms with Crippen LogP contribution in [0, 0.1) is 0 Å². The van der Waals surface area contributed by atoms with Gasteiger partial charge in [-0.15, -0.1) is 11.8 Å². The summed E-state index contributed by atoms with van der Waals surface area (Å²) >= 11 is 7.94. The van der Waals surface area contributed by atoms with E-state index in [-0.39, 0.29) is 5.28 Å².